The molecule has 1 atom stereocenters. The van der Waals surface area contributed by atoms with Gasteiger partial charge in [0.15, 0.2) is 0 Å². The average Bonchev–Trinajstić information content (AvgIpc) is 3.28. The summed E-state index contributed by atoms with van der Waals surface area (Å²) in [6.07, 6.45) is -4.49. The summed E-state index contributed by atoms with van der Waals surface area (Å²) in [7, 11) is 0. The maximum absolute atomic E-state index is 14.0. The van der Waals surface area contributed by atoms with E-state index in [-0.39, 0.29) is 28.9 Å². The zero-order valence-electron chi connectivity index (χ0n) is 18.5. The molecule has 2 N–H and O–H groups in total. The molecule has 0 saturated carbocycles. The number of nitriles is 1. The Balaban J connectivity index is 1.68. The Morgan fingerprint density at radius 1 is 1.16 bits per heavy atom. The molecule has 188 valence electrons. The van der Waals surface area contributed by atoms with Gasteiger partial charge in [-0.2, -0.15) is 18.4 Å². The highest BCUT2D eigenvalue weighted by molar-refractivity contribution is 6.33. The van der Waals surface area contributed by atoms with Gasteiger partial charge in [-0.25, -0.2) is 9.18 Å². The molecule has 0 radical (unpaired) electrons. The van der Waals surface area contributed by atoms with Gasteiger partial charge >= 0.3 is 12.2 Å². The van der Waals surface area contributed by atoms with Crippen LogP contribution in [0.2, 0.25) is 10.0 Å². The molecule has 0 aliphatic carbocycles. The molecule has 2 aliphatic rings. The van der Waals surface area contributed by atoms with Gasteiger partial charge in [0, 0.05) is 27.7 Å². The SMILES string of the molecule is N#Cc1cc(NC(=O)c2cc(F)cc(C(F)(F)F)c2)c2c3c1CCN3C(=O)NC2c1cc(Cl)ccc1Cl. The first-order valence-corrected chi connectivity index (χ1v) is 11.6. The molecule has 3 aromatic carbocycles. The van der Waals surface area contributed by atoms with E-state index in [1.54, 1.807) is 6.07 Å². The summed E-state index contributed by atoms with van der Waals surface area (Å²) in [5, 5.41) is 15.7. The van der Waals surface area contributed by atoms with Gasteiger partial charge in [-0.1, -0.05) is 23.2 Å². The summed E-state index contributed by atoms with van der Waals surface area (Å²) in [6.45, 7) is 0.273. The van der Waals surface area contributed by atoms with Crippen molar-refractivity contribution in [2.75, 3.05) is 16.8 Å². The molecule has 6 nitrogen and oxygen atoms in total. The van der Waals surface area contributed by atoms with Crippen LogP contribution in [0.5, 0.6) is 0 Å². The van der Waals surface area contributed by atoms with E-state index in [1.165, 1.54) is 23.1 Å². The highest BCUT2D eigenvalue weighted by Crippen LogP contribution is 2.48. The molecule has 2 aliphatic heterocycles. The van der Waals surface area contributed by atoms with E-state index in [9.17, 15) is 32.4 Å². The van der Waals surface area contributed by atoms with Crippen molar-refractivity contribution in [3.05, 3.63) is 91.7 Å². The highest BCUT2D eigenvalue weighted by Gasteiger charge is 2.41. The van der Waals surface area contributed by atoms with Crippen LogP contribution in [0.25, 0.3) is 0 Å². The maximum atomic E-state index is 14.0. The molecule has 0 aromatic heterocycles. The van der Waals surface area contributed by atoms with Crippen molar-refractivity contribution in [3.8, 4) is 6.07 Å². The van der Waals surface area contributed by atoms with E-state index < -0.39 is 41.1 Å². The number of carbonyl (C=O) groups is 2. The molecule has 3 amide bonds. The maximum Gasteiger partial charge on any atom is 0.416 e. The Hall–Kier alpha value is -3.81. The molecule has 12 heteroatoms. The van der Waals surface area contributed by atoms with Crippen LogP contribution in [0.15, 0.2) is 42.5 Å². The lowest BCUT2D eigenvalue weighted by atomic mass is 9.89. The topological polar surface area (TPSA) is 85.2 Å². The zero-order chi connectivity index (χ0) is 26.6. The summed E-state index contributed by atoms with van der Waals surface area (Å²) in [5.41, 5.74) is 0.0781. The second kappa shape index (κ2) is 8.94. The molecule has 5 rings (SSSR count). The Kier molecular flexibility index (Phi) is 6.01. The smallest absolute Gasteiger partial charge is 0.327 e. The predicted molar refractivity (Wildman–Crippen MR) is 128 cm³/mol. The van der Waals surface area contributed by atoms with Crippen molar-refractivity contribution in [2.24, 2.45) is 0 Å². The molecular formula is C25H14Cl2F4N4O2. The number of hydrogen-bond acceptors (Lipinski definition) is 3. The van der Waals surface area contributed by atoms with E-state index >= 15 is 0 Å². The van der Waals surface area contributed by atoms with E-state index in [0.717, 1.165) is 0 Å². The van der Waals surface area contributed by atoms with Gasteiger partial charge in [0.25, 0.3) is 5.91 Å². The fraction of sp³-hybridized carbons (Fsp3) is 0.160. The molecule has 0 fully saturated rings. The third-order valence-electron chi connectivity index (χ3n) is 6.23. The van der Waals surface area contributed by atoms with Crippen LogP contribution in [0, 0.1) is 17.1 Å². The predicted octanol–water partition coefficient (Wildman–Crippen LogP) is 6.45. The highest BCUT2D eigenvalue weighted by atomic mass is 35.5. The van der Waals surface area contributed by atoms with Crippen LogP contribution in [0.4, 0.5) is 33.7 Å². The summed E-state index contributed by atoms with van der Waals surface area (Å²) < 4.78 is 53.6. The molecule has 0 saturated heterocycles. The van der Waals surface area contributed by atoms with Gasteiger partial charge in [0.05, 0.1) is 34.6 Å². The van der Waals surface area contributed by atoms with E-state index in [4.69, 9.17) is 23.2 Å². The second-order valence-electron chi connectivity index (χ2n) is 8.45. The number of halogens is 6. The van der Waals surface area contributed by atoms with Crippen molar-refractivity contribution in [1.29, 1.82) is 5.26 Å². The van der Waals surface area contributed by atoms with Crippen molar-refractivity contribution in [1.82, 2.24) is 5.32 Å². The number of hydrogen-bond donors (Lipinski definition) is 2. The van der Waals surface area contributed by atoms with Crippen LogP contribution in [0.3, 0.4) is 0 Å². The molecule has 2 heterocycles. The molecule has 1 unspecified atom stereocenters. The second-order valence-corrected chi connectivity index (χ2v) is 9.30. The molecule has 0 spiro atoms. The molecule has 37 heavy (non-hydrogen) atoms. The minimum atomic E-state index is -4.87. The van der Waals surface area contributed by atoms with E-state index in [1.807, 2.05) is 6.07 Å². The number of urea groups is 1. The summed E-state index contributed by atoms with van der Waals surface area (Å²) >= 11 is 12.6. The minimum Gasteiger partial charge on any atom is -0.327 e. The Morgan fingerprint density at radius 2 is 1.92 bits per heavy atom. The monoisotopic (exact) mass is 548 g/mol. The standard InChI is InChI=1S/C25H14Cl2F4N4O2/c26-14-1-2-18(27)17(9-14)21-20-19(7-12(10-32)16-3-4-35(22(16)20)24(37)34-21)33-23(36)11-5-13(25(29,30)31)8-15(28)6-11/h1-2,5-9,21H,3-4H2,(H,33,36)(H,34,37). The number of amides is 3. The number of alkyl halides is 3. The number of rotatable bonds is 3. The quantitative estimate of drug-likeness (QED) is 0.369. The Morgan fingerprint density at radius 3 is 2.62 bits per heavy atom. The first kappa shape index (κ1) is 24.9. The van der Waals surface area contributed by atoms with Gasteiger partial charge in [-0.05, 0) is 60.0 Å². The van der Waals surface area contributed by atoms with E-state index in [2.05, 4.69) is 10.6 Å². The van der Waals surface area contributed by atoms with Crippen LogP contribution in [-0.2, 0) is 12.6 Å². The largest absolute Gasteiger partial charge is 0.416 e. The first-order chi connectivity index (χ1) is 17.5. The van der Waals surface area contributed by atoms with Crippen LogP contribution >= 0.6 is 23.2 Å². The summed E-state index contributed by atoms with van der Waals surface area (Å²) in [6, 6.07) is 8.16. The molecule has 3 aromatic rings. The fourth-order valence-electron chi connectivity index (χ4n) is 4.64. The van der Waals surface area contributed by atoms with E-state index in [0.29, 0.717) is 46.0 Å². The lowest BCUT2D eigenvalue weighted by Crippen LogP contribution is -2.46. The number of carbonyl (C=O) groups excluding carboxylic acids is 2. The molecule has 0 bridgehead atoms. The Labute approximate surface area is 217 Å². The number of anilines is 2. The van der Waals surface area contributed by atoms with Crippen LogP contribution in [0.1, 0.15) is 44.2 Å². The summed E-state index contributed by atoms with van der Waals surface area (Å²) in [4.78, 5) is 27.4. The van der Waals surface area contributed by atoms with Crippen molar-refractivity contribution in [3.63, 3.8) is 0 Å². The molecular weight excluding hydrogens is 535 g/mol. The third kappa shape index (κ3) is 4.34. The van der Waals surface area contributed by atoms with Crippen LogP contribution in [-0.4, -0.2) is 18.5 Å². The average molecular weight is 549 g/mol. The normalized spacial score (nSPS) is 16.2. The minimum absolute atomic E-state index is 0.0473. The van der Waals surface area contributed by atoms with Gasteiger partial charge in [0.2, 0.25) is 0 Å². The fourth-order valence-corrected chi connectivity index (χ4v) is 5.05. The lowest BCUT2D eigenvalue weighted by Gasteiger charge is -2.35. The lowest BCUT2D eigenvalue weighted by molar-refractivity contribution is -0.137. The van der Waals surface area contributed by atoms with Crippen LogP contribution < -0.4 is 15.5 Å². The van der Waals surface area contributed by atoms with Crippen molar-refractivity contribution >= 4 is 46.5 Å². The first-order valence-electron chi connectivity index (χ1n) is 10.8. The summed E-state index contributed by atoms with van der Waals surface area (Å²) in [5.74, 6) is -2.28. The van der Waals surface area contributed by atoms with Crippen molar-refractivity contribution in [2.45, 2.75) is 18.6 Å². The number of benzene rings is 3. The Bertz CT molecular complexity index is 1530. The van der Waals surface area contributed by atoms with Gasteiger partial charge < -0.3 is 10.6 Å². The van der Waals surface area contributed by atoms with Gasteiger partial charge in [0.1, 0.15) is 5.82 Å². The van der Waals surface area contributed by atoms with Gasteiger partial charge in [-0.15, -0.1) is 0 Å². The third-order valence-corrected chi connectivity index (χ3v) is 6.81. The van der Waals surface area contributed by atoms with Gasteiger partial charge in [-0.3, -0.25) is 9.69 Å². The number of nitrogens with one attached hydrogen (secondary N) is 2. The van der Waals surface area contributed by atoms with Crippen molar-refractivity contribution < 1.29 is 27.2 Å². The zero-order valence-corrected chi connectivity index (χ0v) is 20.0. The number of nitrogens with zero attached hydrogens (tertiary/aromatic N) is 2.